The molecular weight excluding hydrogens is 271 g/mol. The number of hydrogen-bond donors (Lipinski definition) is 1. The summed E-state index contributed by atoms with van der Waals surface area (Å²) in [6.07, 6.45) is 4.19. The molecule has 0 bridgehead atoms. The molecule has 1 unspecified atom stereocenters. The van der Waals surface area contributed by atoms with Crippen molar-refractivity contribution in [1.82, 2.24) is 20.1 Å². The molecule has 1 N–H and O–H groups in total. The SMILES string of the molecule is CCCNC(c1ncccc1F)c1c(OC)cnn1CC. The lowest BCUT2D eigenvalue weighted by Gasteiger charge is -2.20. The van der Waals surface area contributed by atoms with Crippen LogP contribution in [0.4, 0.5) is 4.39 Å². The first-order valence-electron chi connectivity index (χ1n) is 7.16. The Hall–Kier alpha value is -1.95. The molecule has 0 spiro atoms. The van der Waals surface area contributed by atoms with E-state index >= 15 is 0 Å². The van der Waals surface area contributed by atoms with E-state index in [1.807, 2.05) is 6.92 Å². The van der Waals surface area contributed by atoms with Crippen LogP contribution in [0.15, 0.2) is 24.5 Å². The van der Waals surface area contributed by atoms with E-state index in [1.165, 1.54) is 6.07 Å². The monoisotopic (exact) mass is 292 g/mol. The van der Waals surface area contributed by atoms with Crippen molar-refractivity contribution >= 4 is 0 Å². The Labute approximate surface area is 124 Å². The summed E-state index contributed by atoms with van der Waals surface area (Å²) in [5.41, 5.74) is 1.16. The highest BCUT2D eigenvalue weighted by molar-refractivity contribution is 5.34. The fourth-order valence-corrected chi connectivity index (χ4v) is 2.30. The van der Waals surface area contributed by atoms with Crippen LogP contribution in [0.3, 0.4) is 0 Å². The molecule has 0 amide bonds. The van der Waals surface area contributed by atoms with E-state index in [1.54, 1.807) is 30.3 Å². The second kappa shape index (κ2) is 7.17. The van der Waals surface area contributed by atoms with Gasteiger partial charge in [0.1, 0.15) is 11.5 Å². The van der Waals surface area contributed by atoms with E-state index in [0.29, 0.717) is 18.0 Å². The Morgan fingerprint density at radius 1 is 1.43 bits per heavy atom. The topological polar surface area (TPSA) is 52.0 Å². The first-order chi connectivity index (χ1) is 10.2. The molecule has 0 aliphatic heterocycles. The number of rotatable bonds is 7. The molecule has 0 aliphatic carbocycles. The summed E-state index contributed by atoms with van der Waals surface area (Å²) in [4.78, 5) is 4.20. The number of aromatic nitrogens is 3. The van der Waals surface area contributed by atoms with E-state index in [9.17, 15) is 4.39 Å². The van der Waals surface area contributed by atoms with E-state index in [2.05, 4.69) is 22.3 Å². The molecule has 0 saturated carbocycles. The van der Waals surface area contributed by atoms with Crippen molar-refractivity contribution in [2.24, 2.45) is 0 Å². The van der Waals surface area contributed by atoms with Gasteiger partial charge in [0.15, 0.2) is 5.75 Å². The Morgan fingerprint density at radius 2 is 2.24 bits per heavy atom. The molecule has 2 aromatic rings. The Balaban J connectivity index is 2.50. The summed E-state index contributed by atoms with van der Waals surface area (Å²) in [7, 11) is 1.59. The zero-order valence-corrected chi connectivity index (χ0v) is 12.6. The Kier molecular flexibility index (Phi) is 5.27. The Morgan fingerprint density at radius 3 is 2.86 bits per heavy atom. The fraction of sp³-hybridized carbons (Fsp3) is 0.467. The molecule has 0 radical (unpaired) electrons. The van der Waals surface area contributed by atoms with Gasteiger partial charge in [-0.15, -0.1) is 0 Å². The molecule has 0 saturated heterocycles. The standard InChI is InChI=1S/C15H21FN4O/c1-4-8-17-14(13-11(16)7-6-9-18-13)15-12(21-3)10-19-20(15)5-2/h6-7,9-10,14,17H,4-5,8H2,1-3H3. The first-order valence-corrected chi connectivity index (χ1v) is 7.16. The van der Waals surface area contributed by atoms with Gasteiger partial charge in [-0.3, -0.25) is 9.67 Å². The summed E-state index contributed by atoms with van der Waals surface area (Å²) in [5.74, 6) is 0.299. The highest BCUT2D eigenvalue weighted by Gasteiger charge is 2.26. The third kappa shape index (κ3) is 3.21. The van der Waals surface area contributed by atoms with Crippen LogP contribution >= 0.6 is 0 Å². The molecule has 2 aromatic heterocycles. The maximum Gasteiger partial charge on any atom is 0.161 e. The molecule has 2 heterocycles. The number of pyridine rings is 1. The van der Waals surface area contributed by atoms with Crippen molar-refractivity contribution in [3.8, 4) is 5.75 Å². The molecule has 0 aliphatic rings. The molecule has 0 fully saturated rings. The minimum atomic E-state index is -0.386. The third-order valence-corrected chi connectivity index (χ3v) is 3.30. The molecule has 114 valence electrons. The maximum absolute atomic E-state index is 14.2. The molecule has 0 aromatic carbocycles. The number of nitrogens with zero attached hydrogens (tertiary/aromatic N) is 3. The molecule has 5 nitrogen and oxygen atoms in total. The second-order valence-electron chi connectivity index (χ2n) is 4.67. The van der Waals surface area contributed by atoms with Crippen LogP contribution in [0.1, 0.15) is 37.7 Å². The number of halogens is 1. The lowest BCUT2D eigenvalue weighted by atomic mass is 10.1. The van der Waals surface area contributed by atoms with Gasteiger partial charge in [-0.2, -0.15) is 5.10 Å². The van der Waals surface area contributed by atoms with Crippen molar-refractivity contribution in [1.29, 1.82) is 0 Å². The summed E-state index contributed by atoms with van der Waals surface area (Å²) < 4.78 is 21.3. The zero-order valence-electron chi connectivity index (χ0n) is 12.6. The van der Waals surface area contributed by atoms with Crippen molar-refractivity contribution < 1.29 is 9.13 Å². The number of aryl methyl sites for hydroxylation is 1. The lowest BCUT2D eigenvalue weighted by Crippen LogP contribution is -2.28. The lowest BCUT2D eigenvalue weighted by molar-refractivity contribution is 0.395. The first kappa shape index (κ1) is 15.4. The minimum Gasteiger partial charge on any atom is -0.493 e. The molecule has 21 heavy (non-hydrogen) atoms. The van der Waals surface area contributed by atoms with Crippen LogP contribution in [0.5, 0.6) is 5.75 Å². The van der Waals surface area contributed by atoms with Crippen molar-refractivity contribution in [2.75, 3.05) is 13.7 Å². The molecule has 1 atom stereocenters. The normalized spacial score (nSPS) is 12.4. The average molecular weight is 292 g/mol. The van der Waals surface area contributed by atoms with Crippen LogP contribution in [-0.2, 0) is 6.54 Å². The van der Waals surface area contributed by atoms with Crippen molar-refractivity contribution in [3.63, 3.8) is 0 Å². The van der Waals surface area contributed by atoms with Gasteiger partial charge in [0.2, 0.25) is 0 Å². The summed E-state index contributed by atoms with van der Waals surface area (Å²) in [5, 5.41) is 7.63. The van der Waals surface area contributed by atoms with Gasteiger partial charge in [0.25, 0.3) is 0 Å². The van der Waals surface area contributed by atoms with Gasteiger partial charge in [-0.05, 0) is 32.0 Å². The van der Waals surface area contributed by atoms with Crippen molar-refractivity contribution in [3.05, 3.63) is 41.7 Å². The minimum absolute atomic E-state index is 0.336. The van der Waals surface area contributed by atoms with Gasteiger partial charge < -0.3 is 10.1 Å². The predicted molar refractivity (Wildman–Crippen MR) is 78.8 cm³/mol. The number of ether oxygens (including phenoxy) is 1. The largest absolute Gasteiger partial charge is 0.493 e. The van der Waals surface area contributed by atoms with Gasteiger partial charge in [-0.25, -0.2) is 4.39 Å². The van der Waals surface area contributed by atoms with E-state index in [-0.39, 0.29) is 11.9 Å². The van der Waals surface area contributed by atoms with Crippen LogP contribution in [0.2, 0.25) is 0 Å². The van der Waals surface area contributed by atoms with Crippen LogP contribution in [-0.4, -0.2) is 28.4 Å². The highest BCUT2D eigenvalue weighted by atomic mass is 19.1. The highest BCUT2D eigenvalue weighted by Crippen LogP contribution is 2.30. The van der Waals surface area contributed by atoms with E-state index < -0.39 is 0 Å². The second-order valence-corrected chi connectivity index (χ2v) is 4.67. The van der Waals surface area contributed by atoms with Crippen LogP contribution in [0.25, 0.3) is 0 Å². The number of methoxy groups -OCH3 is 1. The van der Waals surface area contributed by atoms with Gasteiger partial charge in [0.05, 0.1) is 25.0 Å². The predicted octanol–water partition coefficient (Wildman–Crippen LogP) is 2.53. The number of nitrogens with one attached hydrogen (secondary N) is 1. The van der Waals surface area contributed by atoms with Gasteiger partial charge in [0, 0.05) is 12.7 Å². The third-order valence-electron chi connectivity index (χ3n) is 3.30. The van der Waals surface area contributed by atoms with Gasteiger partial charge in [-0.1, -0.05) is 6.92 Å². The zero-order chi connectivity index (χ0) is 15.2. The molecule has 6 heteroatoms. The quantitative estimate of drug-likeness (QED) is 0.852. The molecular formula is C15H21FN4O. The van der Waals surface area contributed by atoms with Crippen molar-refractivity contribution in [2.45, 2.75) is 32.9 Å². The fourth-order valence-electron chi connectivity index (χ4n) is 2.30. The van der Waals surface area contributed by atoms with E-state index in [4.69, 9.17) is 4.74 Å². The van der Waals surface area contributed by atoms with Gasteiger partial charge >= 0.3 is 0 Å². The van der Waals surface area contributed by atoms with Crippen LogP contribution in [0, 0.1) is 5.82 Å². The van der Waals surface area contributed by atoms with Crippen LogP contribution < -0.4 is 10.1 Å². The maximum atomic E-state index is 14.2. The number of hydrogen-bond acceptors (Lipinski definition) is 4. The summed E-state index contributed by atoms with van der Waals surface area (Å²) in [6.45, 7) is 5.48. The van der Waals surface area contributed by atoms with E-state index in [0.717, 1.165) is 18.7 Å². The molecule has 2 rings (SSSR count). The average Bonchev–Trinajstić information content (AvgIpc) is 2.92. The Bertz CT molecular complexity index is 563. The summed E-state index contributed by atoms with van der Waals surface area (Å²) in [6, 6.07) is 2.62. The smallest absolute Gasteiger partial charge is 0.161 e. The summed E-state index contributed by atoms with van der Waals surface area (Å²) >= 11 is 0.